The van der Waals surface area contributed by atoms with Crippen molar-refractivity contribution < 1.29 is 33.2 Å². The summed E-state index contributed by atoms with van der Waals surface area (Å²) in [7, 11) is 5.88. The molecule has 8 heteroatoms. The first-order valence-corrected chi connectivity index (χ1v) is 11.0. The number of benzene rings is 2. The number of carboxylic acids is 1. The lowest BCUT2D eigenvalue weighted by Gasteiger charge is -2.30. The fourth-order valence-electron chi connectivity index (χ4n) is 5.03. The average Bonchev–Trinajstić information content (AvgIpc) is 3.15. The van der Waals surface area contributed by atoms with Crippen molar-refractivity contribution in [2.45, 2.75) is 32.7 Å². The SMILES string of the molecule is CCC1Cc2cc(OC)c(OC)cc2-c2c(C(=O)O)c(-c3ccc(OC)c(OC)c3F)c(C)n21. The van der Waals surface area contributed by atoms with Gasteiger partial charge in [-0.3, -0.25) is 0 Å². The van der Waals surface area contributed by atoms with Gasteiger partial charge in [0.15, 0.2) is 28.8 Å². The molecule has 180 valence electrons. The van der Waals surface area contributed by atoms with Crippen molar-refractivity contribution in [1.82, 2.24) is 4.57 Å². The highest BCUT2D eigenvalue weighted by Gasteiger charge is 2.36. The van der Waals surface area contributed by atoms with Gasteiger partial charge in [-0.15, -0.1) is 0 Å². The molecule has 0 saturated carbocycles. The number of rotatable bonds is 7. The molecule has 4 rings (SSSR count). The van der Waals surface area contributed by atoms with E-state index in [4.69, 9.17) is 18.9 Å². The van der Waals surface area contributed by atoms with Gasteiger partial charge in [0.2, 0.25) is 0 Å². The normalized spacial score (nSPS) is 14.3. The van der Waals surface area contributed by atoms with Crippen LogP contribution in [-0.4, -0.2) is 44.1 Å². The summed E-state index contributed by atoms with van der Waals surface area (Å²) in [4.78, 5) is 12.7. The summed E-state index contributed by atoms with van der Waals surface area (Å²) in [6.45, 7) is 3.88. The summed E-state index contributed by atoms with van der Waals surface area (Å²) < 4.78 is 39.1. The number of fused-ring (bicyclic) bond motifs is 3. The molecule has 0 spiro atoms. The summed E-state index contributed by atoms with van der Waals surface area (Å²) in [5.41, 5.74) is 3.39. The minimum absolute atomic E-state index is 0.00402. The first kappa shape index (κ1) is 23.5. The van der Waals surface area contributed by atoms with Crippen molar-refractivity contribution >= 4 is 5.97 Å². The molecule has 1 N–H and O–H groups in total. The lowest BCUT2D eigenvalue weighted by atomic mass is 9.90. The largest absolute Gasteiger partial charge is 0.493 e. The van der Waals surface area contributed by atoms with Gasteiger partial charge in [-0.2, -0.15) is 0 Å². The molecule has 0 fully saturated rings. The number of carboxylic acid groups (broad SMARTS) is 1. The molecule has 1 aromatic heterocycles. The number of ether oxygens (including phenoxy) is 4. The molecule has 0 amide bonds. The van der Waals surface area contributed by atoms with Crippen LogP contribution < -0.4 is 18.9 Å². The minimum atomic E-state index is -1.14. The Morgan fingerprint density at radius 2 is 1.68 bits per heavy atom. The maximum Gasteiger partial charge on any atom is 0.338 e. The molecule has 1 unspecified atom stereocenters. The summed E-state index contributed by atoms with van der Waals surface area (Å²) in [6.07, 6.45) is 1.45. The second-order valence-corrected chi connectivity index (χ2v) is 8.15. The van der Waals surface area contributed by atoms with Gasteiger partial charge in [-0.1, -0.05) is 6.92 Å². The van der Waals surface area contributed by atoms with Gasteiger partial charge in [0.05, 0.1) is 39.7 Å². The van der Waals surface area contributed by atoms with Gasteiger partial charge in [0.25, 0.3) is 0 Å². The number of halogens is 1. The van der Waals surface area contributed by atoms with Gasteiger partial charge in [-0.25, -0.2) is 9.18 Å². The Bertz CT molecular complexity index is 1280. The van der Waals surface area contributed by atoms with Crippen LogP contribution in [0.4, 0.5) is 4.39 Å². The lowest BCUT2D eigenvalue weighted by molar-refractivity contribution is 0.0698. The summed E-state index contributed by atoms with van der Waals surface area (Å²) in [5.74, 6) is -0.572. The molecule has 3 aromatic rings. The van der Waals surface area contributed by atoms with E-state index in [1.54, 1.807) is 19.2 Å². The van der Waals surface area contributed by atoms with E-state index in [9.17, 15) is 9.90 Å². The Morgan fingerprint density at radius 1 is 1.03 bits per heavy atom. The van der Waals surface area contributed by atoms with Crippen LogP contribution in [0.15, 0.2) is 24.3 Å². The fraction of sp³-hybridized carbons (Fsp3) is 0.346. The molecule has 7 nitrogen and oxygen atoms in total. The number of aromatic carboxylic acids is 1. The van der Waals surface area contributed by atoms with E-state index in [0.29, 0.717) is 34.9 Å². The Morgan fingerprint density at radius 3 is 2.24 bits per heavy atom. The average molecular weight is 470 g/mol. The van der Waals surface area contributed by atoms with Gasteiger partial charge in [-0.05, 0) is 49.6 Å². The number of hydrogen-bond acceptors (Lipinski definition) is 5. The first-order valence-electron chi connectivity index (χ1n) is 11.0. The zero-order chi connectivity index (χ0) is 24.7. The molecule has 34 heavy (non-hydrogen) atoms. The van der Waals surface area contributed by atoms with Crippen LogP contribution >= 0.6 is 0 Å². The number of aromatic nitrogens is 1. The van der Waals surface area contributed by atoms with Crippen molar-refractivity contribution in [2.75, 3.05) is 28.4 Å². The highest BCUT2D eigenvalue weighted by molar-refractivity contribution is 6.05. The second-order valence-electron chi connectivity index (χ2n) is 8.15. The van der Waals surface area contributed by atoms with Crippen molar-refractivity contribution in [3.8, 4) is 45.4 Å². The van der Waals surface area contributed by atoms with Gasteiger partial charge < -0.3 is 28.6 Å². The standard InChI is InChI=1S/C26H28FNO6/c1-7-15-10-14-11-19(32-4)20(33-5)12-17(14)24-22(26(29)30)21(13(2)28(15)24)16-8-9-18(31-3)25(34-6)23(16)27/h8-9,11-12,15H,7,10H2,1-6H3,(H,29,30). The Labute approximate surface area is 197 Å². The predicted octanol–water partition coefficient (Wildman–Crippen LogP) is 5.51. The zero-order valence-electron chi connectivity index (χ0n) is 20.1. The topological polar surface area (TPSA) is 79.2 Å². The number of carbonyl (C=O) groups is 1. The van der Waals surface area contributed by atoms with Crippen molar-refractivity contribution in [3.63, 3.8) is 0 Å². The van der Waals surface area contributed by atoms with Crippen molar-refractivity contribution in [2.24, 2.45) is 0 Å². The van der Waals surface area contributed by atoms with Crippen molar-refractivity contribution in [1.29, 1.82) is 0 Å². The van der Waals surface area contributed by atoms with E-state index in [0.717, 1.165) is 17.5 Å². The van der Waals surface area contributed by atoms with E-state index in [2.05, 4.69) is 6.92 Å². The van der Waals surface area contributed by atoms with Crippen LogP contribution in [-0.2, 0) is 6.42 Å². The van der Waals surface area contributed by atoms with Crippen LogP contribution in [0.1, 0.15) is 41.0 Å². The van der Waals surface area contributed by atoms with Gasteiger partial charge >= 0.3 is 5.97 Å². The summed E-state index contributed by atoms with van der Waals surface area (Å²) in [5, 5.41) is 10.4. The summed E-state index contributed by atoms with van der Waals surface area (Å²) in [6, 6.07) is 6.81. The Hall–Kier alpha value is -3.68. The third-order valence-corrected chi connectivity index (χ3v) is 6.58. The van der Waals surface area contributed by atoms with E-state index in [1.165, 1.54) is 27.4 Å². The second kappa shape index (κ2) is 8.93. The maximum absolute atomic E-state index is 15.6. The number of methoxy groups -OCH3 is 4. The highest BCUT2D eigenvalue weighted by atomic mass is 19.1. The molecule has 2 heterocycles. The van der Waals surface area contributed by atoms with Crippen LogP contribution in [0.2, 0.25) is 0 Å². The maximum atomic E-state index is 15.6. The van der Waals surface area contributed by atoms with E-state index in [-0.39, 0.29) is 28.7 Å². The molecule has 0 bridgehead atoms. The third-order valence-electron chi connectivity index (χ3n) is 6.58. The molecule has 1 aliphatic heterocycles. The van der Waals surface area contributed by atoms with Crippen LogP contribution in [0.3, 0.4) is 0 Å². The molecular formula is C26H28FNO6. The first-order chi connectivity index (χ1) is 16.3. The Balaban J connectivity index is 2.11. The number of hydrogen-bond donors (Lipinski definition) is 1. The highest BCUT2D eigenvalue weighted by Crippen LogP contribution is 2.49. The van der Waals surface area contributed by atoms with Gasteiger partial charge in [0, 0.05) is 28.4 Å². The fourth-order valence-corrected chi connectivity index (χ4v) is 5.03. The van der Waals surface area contributed by atoms with E-state index >= 15 is 4.39 Å². The third kappa shape index (κ3) is 3.36. The molecule has 0 aliphatic carbocycles. The predicted molar refractivity (Wildman–Crippen MR) is 126 cm³/mol. The molecule has 0 saturated heterocycles. The monoisotopic (exact) mass is 469 g/mol. The summed E-state index contributed by atoms with van der Waals surface area (Å²) >= 11 is 0. The molecule has 0 radical (unpaired) electrons. The van der Waals surface area contributed by atoms with Crippen LogP contribution in [0.5, 0.6) is 23.0 Å². The van der Waals surface area contributed by atoms with Crippen molar-refractivity contribution in [3.05, 3.63) is 46.9 Å². The quantitative estimate of drug-likeness (QED) is 0.492. The molecule has 1 atom stereocenters. The molecule has 2 aromatic carbocycles. The van der Waals surface area contributed by atoms with Gasteiger partial charge in [0.1, 0.15) is 0 Å². The van der Waals surface area contributed by atoms with E-state index in [1.807, 2.05) is 17.6 Å². The van der Waals surface area contributed by atoms with E-state index < -0.39 is 11.8 Å². The Kier molecular flexibility index (Phi) is 6.17. The smallest absolute Gasteiger partial charge is 0.338 e. The molecular weight excluding hydrogens is 441 g/mol. The van der Waals surface area contributed by atoms with Crippen LogP contribution in [0, 0.1) is 12.7 Å². The van der Waals surface area contributed by atoms with Crippen LogP contribution in [0.25, 0.3) is 22.4 Å². The number of nitrogens with zero attached hydrogens (tertiary/aromatic N) is 1. The lowest BCUT2D eigenvalue weighted by Crippen LogP contribution is -2.20. The molecule has 1 aliphatic rings. The minimum Gasteiger partial charge on any atom is -0.493 e. The zero-order valence-corrected chi connectivity index (χ0v) is 20.1.